The average Bonchev–Trinajstić information content (AvgIpc) is 3.21. The van der Waals surface area contributed by atoms with Gasteiger partial charge in [0.2, 0.25) is 0 Å². The van der Waals surface area contributed by atoms with Crippen molar-refractivity contribution >= 4 is 23.4 Å². The molecule has 1 heterocycles. The third kappa shape index (κ3) is 4.60. The van der Waals surface area contributed by atoms with Gasteiger partial charge in [0.1, 0.15) is 18.1 Å². The number of nitrogens with zero attached hydrogens (tertiary/aromatic N) is 2. The lowest BCUT2D eigenvalue weighted by Gasteiger charge is -2.11. The third-order valence-electron chi connectivity index (χ3n) is 5.37. The van der Waals surface area contributed by atoms with E-state index in [1.165, 1.54) is 5.01 Å². The Morgan fingerprint density at radius 3 is 2.00 bits per heavy atom. The van der Waals surface area contributed by atoms with Crippen LogP contribution >= 0.6 is 0 Å². The van der Waals surface area contributed by atoms with Crippen LogP contribution in [0.4, 0.5) is 5.69 Å². The van der Waals surface area contributed by atoms with E-state index < -0.39 is 0 Å². The van der Waals surface area contributed by atoms with Gasteiger partial charge in [0.25, 0.3) is 5.91 Å². The lowest BCUT2D eigenvalue weighted by atomic mass is 10.0. The highest BCUT2D eigenvalue weighted by molar-refractivity contribution is 6.37. The molecule has 0 aliphatic carbocycles. The Balaban J connectivity index is 1.42. The number of benzene rings is 4. The highest BCUT2D eigenvalue weighted by Gasteiger charge is 2.31. The summed E-state index contributed by atoms with van der Waals surface area (Å²) in [7, 11) is 0. The van der Waals surface area contributed by atoms with Crippen molar-refractivity contribution in [1.82, 2.24) is 0 Å². The molecule has 33 heavy (non-hydrogen) atoms. The van der Waals surface area contributed by atoms with Crippen LogP contribution in [0.5, 0.6) is 5.75 Å². The number of ether oxygens (including phenoxy) is 1. The van der Waals surface area contributed by atoms with Crippen LogP contribution in [0, 0.1) is 0 Å². The quantitative estimate of drug-likeness (QED) is 0.347. The average molecular weight is 431 g/mol. The third-order valence-corrected chi connectivity index (χ3v) is 5.37. The van der Waals surface area contributed by atoms with Crippen molar-refractivity contribution in [1.29, 1.82) is 0 Å². The van der Waals surface area contributed by atoms with E-state index in [4.69, 9.17) is 4.74 Å². The molecule has 5 rings (SSSR count). The molecule has 0 atom stereocenters. The fourth-order valence-electron chi connectivity index (χ4n) is 3.67. The molecule has 0 spiro atoms. The molecule has 0 saturated heterocycles. The second-order valence-electron chi connectivity index (χ2n) is 7.67. The standard InChI is InChI=1S/C29H22N2O2/c32-29-27(20-22-16-18-26(19-17-22)33-21-23-10-4-1-5-11-23)28(24-12-6-2-7-13-24)30-31(29)25-14-8-3-9-15-25/h1-20H,21H2/b27-20+. The Morgan fingerprint density at radius 1 is 0.727 bits per heavy atom. The van der Waals surface area contributed by atoms with Crippen molar-refractivity contribution in [3.05, 3.63) is 138 Å². The van der Waals surface area contributed by atoms with Crippen molar-refractivity contribution in [2.45, 2.75) is 6.61 Å². The second kappa shape index (κ2) is 9.37. The molecule has 0 bridgehead atoms. The lowest BCUT2D eigenvalue weighted by molar-refractivity contribution is -0.114. The van der Waals surface area contributed by atoms with Gasteiger partial charge in [0, 0.05) is 5.56 Å². The van der Waals surface area contributed by atoms with Crippen molar-refractivity contribution in [2.24, 2.45) is 5.10 Å². The minimum absolute atomic E-state index is 0.149. The summed E-state index contributed by atoms with van der Waals surface area (Å²) in [6.45, 7) is 0.511. The second-order valence-corrected chi connectivity index (χ2v) is 7.67. The number of anilines is 1. The first kappa shape index (κ1) is 20.5. The Hall–Kier alpha value is -4.44. The van der Waals surface area contributed by atoms with Gasteiger partial charge in [-0.3, -0.25) is 4.79 Å². The number of hydrazone groups is 1. The lowest BCUT2D eigenvalue weighted by Crippen LogP contribution is -2.21. The van der Waals surface area contributed by atoms with E-state index in [2.05, 4.69) is 5.10 Å². The topological polar surface area (TPSA) is 41.9 Å². The molecule has 160 valence electrons. The van der Waals surface area contributed by atoms with Crippen LogP contribution in [0.1, 0.15) is 16.7 Å². The highest BCUT2D eigenvalue weighted by atomic mass is 16.5. The molecule has 4 aromatic rings. The number of hydrogen-bond donors (Lipinski definition) is 0. The van der Waals surface area contributed by atoms with Crippen LogP contribution in [0.15, 0.2) is 126 Å². The van der Waals surface area contributed by atoms with E-state index in [1.54, 1.807) is 0 Å². The van der Waals surface area contributed by atoms with Crippen molar-refractivity contribution in [2.75, 3.05) is 5.01 Å². The van der Waals surface area contributed by atoms with Crippen molar-refractivity contribution in [3.8, 4) is 5.75 Å². The molecule has 0 aromatic heterocycles. The van der Waals surface area contributed by atoms with Gasteiger partial charge < -0.3 is 4.74 Å². The van der Waals surface area contributed by atoms with Crippen molar-refractivity contribution in [3.63, 3.8) is 0 Å². The fourth-order valence-corrected chi connectivity index (χ4v) is 3.67. The summed E-state index contributed by atoms with van der Waals surface area (Å²) in [5.74, 6) is 0.631. The Kier molecular flexibility index (Phi) is 5.81. The molecule has 1 aliphatic rings. The van der Waals surface area contributed by atoms with E-state index in [0.717, 1.165) is 28.1 Å². The molecule has 1 amide bonds. The van der Waals surface area contributed by atoms with Gasteiger partial charge in [-0.25, -0.2) is 0 Å². The van der Waals surface area contributed by atoms with Gasteiger partial charge >= 0.3 is 0 Å². The number of amides is 1. The monoisotopic (exact) mass is 430 g/mol. The minimum Gasteiger partial charge on any atom is -0.489 e. The van der Waals surface area contributed by atoms with Crippen LogP contribution in [-0.4, -0.2) is 11.6 Å². The molecule has 0 fully saturated rings. The van der Waals surface area contributed by atoms with E-state index in [-0.39, 0.29) is 5.91 Å². The van der Waals surface area contributed by atoms with Crippen molar-refractivity contribution < 1.29 is 9.53 Å². The summed E-state index contributed by atoms with van der Waals surface area (Å²) in [6.07, 6.45) is 1.89. The predicted molar refractivity (Wildman–Crippen MR) is 132 cm³/mol. The first-order chi connectivity index (χ1) is 16.3. The smallest absolute Gasteiger partial charge is 0.281 e. The summed E-state index contributed by atoms with van der Waals surface area (Å²) >= 11 is 0. The van der Waals surface area contributed by atoms with Crippen LogP contribution < -0.4 is 9.75 Å². The van der Waals surface area contributed by atoms with E-state index in [9.17, 15) is 4.79 Å². The summed E-state index contributed by atoms with van der Waals surface area (Å²) < 4.78 is 5.88. The molecular weight excluding hydrogens is 408 g/mol. The molecule has 0 radical (unpaired) electrons. The summed E-state index contributed by atoms with van der Waals surface area (Å²) in [5.41, 5.74) is 4.88. The maximum atomic E-state index is 13.3. The van der Waals surface area contributed by atoms with Gasteiger partial charge in [0.05, 0.1) is 11.3 Å². The minimum atomic E-state index is -0.149. The number of carbonyl (C=O) groups is 1. The SMILES string of the molecule is O=C1/C(=C/c2ccc(OCc3ccccc3)cc2)C(c2ccccc2)=NN1c1ccccc1. The maximum absolute atomic E-state index is 13.3. The zero-order valence-corrected chi connectivity index (χ0v) is 18.0. The largest absolute Gasteiger partial charge is 0.489 e. The fraction of sp³-hybridized carbons (Fsp3) is 0.0345. The van der Waals surface area contributed by atoms with E-state index in [0.29, 0.717) is 17.9 Å². The summed E-state index contributed by atoms with van der Waals surface area (Å²) in [6, 6.07) is 37.1. The van der Waals surface area contributed by atoms with E-state index in [1.807, 2.05) is 121 Å². The Bertz CT molecular complexity index is 1300. The van der Waals surface area contributed by atoms with Gasteiger partial charge in [-0.1, -0.05) is 91.0 Å². The Labute approximate surface area is 193 Å². The number of carbonyl (C=O) groups excluding carboxylic acids is 1. The van der Waals surface area contributed by atoms with Crippen LogP contribution in [0.25, 0.3) is 6.08 Å². The number of para-hydroxylation sites is 1. The summed E-state index contributed by atoms with van der Waals surface area (Å²) in [5, 5.41) is 6.14. The molecular formula is C29H22N2O2. The molecule has 1 aliphatic heterocycles. The van der Waals surface area contributed by atoms with Gasteiger partial charge in [-0.15, -0.1) is 0 Å². The predicted octanol–water partition coefficient (Wildman–Crippen LogP) is 6.10. The van der Waals surface area contributed by atoms with Gasteiger partial charge in [-0.05, 0) is 41.5 Å². The highest BCUT2D eigenvalue weighted by Crippen LogP contribution is 2.28. The molecule has 0 saturated carbocycles. The zero-order chi connectivity index (χ0) is 22.5. The summed E-state index contributed by atoms with van der Waals surface area (Å²) in [4.78, 5) is 13.3. The Morgan fingerprint density at radius 2 is 1.33 bits per heavy atom. The normalized spacial score (nSPS) is 14.4. The maximum Gasteiger partial charge on any atom is 0.281 e. The molecule has 0 N–H and O–H groups in total. The van der Waals surface area contributed by atoms with Gasteiger partial charge in [-0.2, -0.15) is 10.1 Å². The molecule has 4 heteroatoms. The number of rotatable bonds is 6. The molecule has 0 unspecified atom stereocenters. The van der Waals surface area contributed by atoms with E-state index >= 15 is 0 Å². The first-order valence-electron chi connectivity index (χ1n) is 10.8. The van der Waals surface area contributed by atoms with Crippen LogP contribution in [0.2, 0.25) is 0 Å². The van der Waals surface area contributed by atoms with Gasteiger partial charge in [0.15, 0.2) is 0 Å². The van der Waals surface area contributed by atoms with Crippen LogP contribution in [0.3, 0.4) is 0 Å². The molecule has 4 nitrogen and oxygen atoms in total. The first-order valence-corrected chi connectivity index (χ1v) is 10.8. The molecule has 4 aromatic carbocycles. The number of hydrogen-bond acceptors (Lipinski definition) is 3. The zero-order valence-electron chi connectivity index (χ0n) is 18.0. The van der Waals surface area contributed by atoms with Crippen LogP contribution in [-0.2, 0) is 11.4 Å².